The molecule has 0 aromatic heterocycles. The van der Waals surface area contributed by atoms with Crippen LogP contribution in [0.25, 0.3) is 17.2 Å². The van der Waals surface area contributed by atoms with Crippen molar-refractivity contribution in [2.45, 2.75) is 24.8 Å². The van der Waals surface area contributed by atoms with Gasteiger partial charge in [-0.05, 0) is 50.3 Å². The van der Waals surface area contributed by atoms with E-state index in [0.717, 1.165) is 5.56 Å². The summed E-state index contributed by atoms with van der Waals surface area (Å²) in [5.74, 6) is -0.315. The molecule has 3 rings (SSSR count). The maximum Gasteiger partial charge on any atom is 0.297 e. The van der Waals surface area contributed by atoms with Crippen molar-refractivity contribution < 1.29 is 21.7 Å². The van der Waals surface area contributed by atoms with Gasteiger partial charge in [-0.2, -0.15) is 8.42 Å². The maximum absolute atomic E-state index is 15.0. The molecule has 0 unspecified atom stereocenters. The third-order valence-electron chi connectivity index (χ3n) is 4.86. The molecule has 0 saturated carbocycles. The molecule has 4 nitrogen and oxygen atoms in total. The Kier molecular flexibility index (Phi) is 8.08. The molecule has 0 heterocycles. The molecule has 172 valence electrons. The molecule has 0 amide bonds. The van der Waals surface area contributed by atoms with Crippen LogP contribution in [0.1, 0.15) is 18.1 Å². The molecule has 0 saturated heterocycles. The molecule has 0 radical (unpaired) electrons. The van der Waals surface area contributed by atoms with Crippen molar-refractivity contribution in [2.24, 2.45) is 0 Å². The Morgan fingerprint density at radius 2 is 1.79 bits per heavy atom. The molecule has 3 aromatic carbocycles. The molecular formula is C26H24ClFO4S. The second-order valence-corrected chi connectivity index (χ2v) is 9.29. The molecule has 33 heavy (non-hydrogen) atoms. The Morgan fingerprint density at radius 3 is 2.42 bits per heavy atom. The second kappa shape index (κ2) is 10.8. The van der Waals surface area contributed by atoms with Crippen molar-refractivity contribution in [3.05, 3.63) is 101 Å². The normalized spacial score (nSPS) is 12.6. The van der Waals surface area contributed by atoms with Gasteiger partial charge in [-0.25, -0.2) is 4.39 Å². The quantitative estimate of drug-likeness (QED) is 0.246. The minimum Gasteiger partial charge on any atom is -0.483 e. The Labute approximate surface area is 199 Å². The van der Waals surface area contributed by atoms with E-state index in [1.807, 2.05) is 13.8 Å². The largest absolute Gasteiger partial charge is 0.483 e. The van der Waals surface area contributed by atoms with E-state index in [9.17, 15) is 8.42 Å². The summed E-state index contributed by atoms with van der Waals surface area (Å²) in [6.45, 7) is 7.06. The van der Waals surface area contributed by atoms with Crippen molar-refractivity contribution in [3.8, 4) is 16.9 Å². The Bertz CT molecular complexity index is 1270. The van der Waals surface area contributed by atoms with Crippen molar-refractivity contribution in [3.63, 3.8) is 0 Å². The fraction of sp³-hybridized carbons (Fsp3) is 0.154. The maximum atomic E-state index is 15.0. The SMILES string of the molecule is C=C[C@H](COS(=O)(=O)c1ccc(C)cc1)Oc1c(/C=C\C)ccc(F)c1-c1ccccc1Cl. The monoisotopic (exact) mass is 486 g/mol. The molecule has 3 aromatic rings. The molecule has 7 heteroatoms. The van der Waals surface area contributed by atoms with Crippen LogP contribution in [0.15, 0.2) is 84.3 Å². The topological polar surface area (TPSA) is 52.6 Å². The molecule has 0 spiro atoms. The lowest BCUT2D eigenvalue weighted by Gasteiger charge is -2.21. The third-order valence-corrected chi connectivity index (χ3v) is 6.48. The first-order valence-electron chi connectivity index (χ1n) is 10.2. The molecule has 1 atom stereocenters. The number of halogens is 2. The standard InChI is InChI=1S/C26H24ClFO4S/c1-4-8-19-13-16-24(28)25(22-9-6-7-10-23(22)27)26(19)32-20(5-2)17-31-33(29,30)21-14-11-18(3)12-15-21/h4-16,20H,2,17H2,1,3H3/b8-4-/t20-/m1/s1. The number of rotatable bonds is 9. The predicted molar refractivity (Wildman–Crippen MR) is 130 cm³/mol. The summed E-state index contributed by atoms with van der Waals surface area (Å²) in [4.78, 5) is 0.0352. The fourth-order valence-electron chi connectivity index (χ4n) is 3.16. The molecule has 0 bridgehead atoms. The zero-order valence-electron chi connectivity index (χ0n) is 18.3. The fourth-order valence-corrected chi connectivity index (χ4v) is 4.31. The van der Waals surface area contributed by atoms with E-state index in [4.69, 9.17) is 20.5 Å². The van der Waals surface area contributed by atoms with Gasteiger partial charge in [-0.3, -0.25) is 4.18 Å². The average molecular weight is 487 g/mol. The minimum absolute atomic E-state index is 0.0352. The van der Waals surface area contributed by atoms with Crippen molar-refractivity contribution >= 4 is 27.8 Å². The van der Waals surface area contributed by atoms with E-state index in [0.29, 0.717) is 16.1 Å². The van der Waals surface area contributed by atoms with E-state index in [2.05, 4.69) is 6.58 Å². The Balaban J connectivity index is 1.95. The van der Waals surface area contributed by atoms with Gasteiger partial charge in [0.1, 0.15) is 24.3 Å². The van der Waals surface area contributed by atoms with Gasteiger partial charge in [-0.1, -0.05) is 66.2 Å². The van der Waals surface area contributed by atoms with Crippen molar-refractivity contribution in [1.29, 1.82) is 0 Å². The smallest absolute Gasteiger partial charge is 0.297 e. The molecular weight excluding hydrogens is 463 g/mol. The van der Waals surface area contributed by atoms with Gasteiger partial charge in [0.15, 0.2) is 0 Å². The van der Waals surface area contributed by atoms with Crippen LogP contribution in [0.4, 0.5) is 4.39 Å². The summed E-state index contributed by atoms with van der Waals surface area (Å²) in [6.07, 6.45) is 4.08. The van der Waals surface area contributed by atoms with Crippen LogP contribution in [0.2, 0.25) is 5.02 Å². The summed E-state index contributed by atoms with van der Waals surface area (Å²) >= 11 is 6.34. The van der Waals surface area contributed by atoms with Gasteiger partial charge in [-0.15, -0.1) is 0 Å². The van der Waals surface area contributed by atoms with E-state index >= 15 is 4.39 Å². The van der Waals surface area contributed by atoms with Crippen LogP contribution in [-0.2, 0) is 14.3 Å². The highest BCUT2D eigenvalue weighted by atomic mass is 35.5. The minimum atomic E-state index is -4.01. The van der Waals surface area contributed by atoms with Crippen LogP contribution in [0.5, 0.6) is 5.75 Å². The van der Waals surface area contributed by atoms with Crippen LogP contribution in [-0.4, -0.2) is 21.1 Å². The molecule has 0 N–H and O–H groups in total. The summed E-state index contributed by atoms with van der Waals surface area (Å²) in [5, 5.41) is 0.354. The number of hydrogen-bond acceptors (Lipinski definition) is 4. The zero-order chi connectivity index (χ0) is 24.0. The van der Waals surface area contributed by atoms with E-state index in [1.165, 1.54) is 24.3 Å². The molecule has 0 aliphatic rings. The number of ether oxygens (including phenoxy) is 1. The highest BCUT2D eigenvalue weighted by molar-refractivity contribution is 7.86. The molecule has 0 aliphatic carbocycles. The predicted octanol–water partition coefficient (Wildman–Crippen LogP) is 6.83. The van der Waals surface area contributed by atoms with Gasteiger partial charge in [0, 0.05) is 16.1 Å². The van der Waals surface area contributed by atoms with E-state index < -0.39 is 22.0 Å². The first-order valence-corrected chi connectivity index (χ1v) is 12.0. The number of hydrogen-bond donors (Lipinski definition) is 0. The van der Waals surface area contributed by atoms with E-state index in [1.54, 1.807) is 54.6 Å². The zero-order valence-corrected chi connectivity index (χ0v) is 19.9. The van der Waals surface area contributed by atoms with Crippen molar-refractivity contribution in [2.75, 3.05) is 6.61 Å². The number of allylic oxidation sites excluding steroid dienone is 1. The molecule has 0 aliphatic heterocycles. The second-order valence-electron chi connectivity index (χ2n) is 7.26. The summed E-state index contributed by atoms with van der Waals surface area (Å²) in [5.41, 5.74) is 2.15. The summed E-state index contributed by atoms with van der Waals surface area (Å²) in [6, 6.07) is 16.1. The first kappa shape index (κ1) is 24.7. The van der Waals surface area contributed by atoms with Gasteiger partial charge >= 0.3 is 0 Å². The van der Waals surface area contributed by atoms with Crippen LogP contribution in [0, 0.1) is 12.7 Å². The van der Waals surface area contributed by atoms with Crippen LogP contribution in [0.3, 0.4) is 0 Å². The summed E-state index contributed by atoms with van der Waals surface area (Å²) in [7, 11) is -4.01. The highest BCUT2D eigenvalue weighted by Gasteiger charge is 2.23. The Hall–Kier alpha value is -2.93. The first-order chi connectivity index (χ1) is 15.8. The van der Waals surface area contributed by atoms with E-state index in [-0.39, 0.29) is 22.8 Å². The highest BCUT2D eigenvalue weighted by Crippen LogP contribution is 2.40. The van der Waals surface area contributed by atoms with Gasteiger partial charge in [0.05, 0.1) is 10.5 Å². The molecule has 0 fully saturated rings. The summed E-state index contributed by atoms with van der Waals surface area (Å²) < 4.78 is 51.4. The lowest BCUT2D eigenvalue weighted by atomic mass is 10.00. The number of benzene rings is 3. The Morgan fingerprint density at radius 1 is 1.09 bits per heavy atom. The van der Waals surface area contributed by atoms with Crippen LogP contribution < -0.4 is 4.74 Å². The van der Waals surface area contributed by atoms with Gasteiger partial charge in [0.25, 0.3) is 10.1 Å². The van der Waals surface area contributed by atoms with Gasteiger partial charge < -0.3 is 4.74 Å². The lowest BCUT2D eigenvalue weighted by molar-refractivity contribution is 0.168. The lowest BCUT2D eigenvalue weighted by Crippen LogP contribution is -2.23. The van der Waals surface area contributed by atoms with Gasteiger partial charge in [0.2, 0.25) is 0 Å². The average Bonchev–Trinajstić information content (AvgIpc) is 2.79. The number of aryl methyl sites for hydroxylation is 1. The van der Waals surface area contributed by atoms with Crippen LogP contribution >= 0.6 is 11.6 Å². The van der Waals surface area contributed by atoms with Crippen molar-refractivity contribution in [1.82, 2.24) is 0 Å². The third kappa shape index (κ3) is 5.90.